The van der Waals surface area contributed by atoms with Crippen LogP contribution in [0.2, 0.25) is 5.02 Å². The van der Waals surface area contributed by atoms with Crippen LogP contribution in [0, 0.1) is 0 Å². The number of nitrogens with one attached hydrogen (secondary N) is 1. The number of hydrogen-bond acceptors (Lipinski definition) is 6. The predicted octanol–water partition coefficient (Wildman–Crippen LogP) is 6.75. The van der Waals surface area contributed by atoms with Crippen molar-refractivity contribution < 1.29 is 37.7 Å². The topological polar surface area (TPSA) is 91.3 Å². The van der Waals surface area contributed by atoms with Gasteiger partial charge in [0.1, 0.15) is 5.75 Å². The lowest BCUT2D eigenvalue weighted by atomic mass is 9.92. The summed E-state index contributed by atoms with van der Waals surface area (Å²) in [5.41, 5.74) is 1.62. The second-order valence-electron chi connectivity index (χ2n) is 10.4. The molecule has 0 spiro atoms. The lowest BCUT2D eigenvalue weighted by Gasteiger charge is -2.40. The number of ether oxygens (including phenoxy) is 2. The molecule has 1 fully saturated rings. The summed E-state index contributed by atoms with van der Waals surface area (Å²) in [6.45, 7) is 5.38. The molecule has 39 heavy (non-hydrogen) atoms. The van der Waals surface area contributed by atoms with Crippen LogP contribution >= 0.6 is 11.6 Å². The molecule has 1 unspecified atom stereocenters. The Balaban J connectivity index is 2.06. The van der Waals surface area contributed by atoms with Crippen molar-refractivity contribution in [2.24, 2.45) is 0 Å². The van der Waals surface area contributed by atoms with E-state index in [1.807, 2.05) is 25.1 Å². The predicted molar refractivity (Wildman–Crippen MR) is 145 cm³/mol. The third-order valence-electron chi connectivity index (χ3n) is 6.51. The molecule has 2 aromatic carbocycles. The van der Waals surface area contributed by atoms with Crippen molar-refractivity contribution in [3.8, 4) is 5.75 Å². The molecule has 7 nitrogen and oxygen atoms in total. The Hall–Kier alpha value is -2.69. The summed E-state index contributed by atoms with van der Waals surface area (Å²) >= 11 is 6.09. The number of carboxylic acids is 1. The highest BCUT2D eigenvalue weighted by Crippen LogP contribution is 2.38. The molecule has 0 amide bonds. The maximum Gasteiger partial charge on any atom is 0.422 e. The summed E-state index contributed by atoms with van der Waals surface area (Å²) in [5.74, 6) is -1.26. The molecule has 216 valence electrons. The van der Waals surface area contributed by atoms with Gasteiger partial charge >= 0.3 is 12.1 Å². The maximum absolute atomic E-state index is 12.8. The molecule has 1 heterocycles. The van der Waals surface area contributed by atoms with E-state index in [9.17, 15) is 28.2 Å². The van der Waals surface area contributed by atoms with Crippen LogP contribution in [0.1, 0.15) is 57.9 Å². The van der Waals surface area contributed by atoms with E-state index in [2.05, 4.69) is 10.2 Å². The van der Waals surface area contributed by atoms with Crippen LogP contribution in [0.25, 0.3) is 0 Å². The van der Waals surface area contributed by atoms with E-state index in [1.165, 1.54) is 12.1 Å². The summed E-state index contributed by atoms with van der Waals surface area (Å²) in [6, 6.07) is 10.2. The van der Waals surface area contributed by atoms with Crippen molar-refractivity contribution in [2.45, 2.75) is 70.2 Å². The van der Waals surface area contributed by atoms with Gasteiger partial charge < -0.3 is 29.9 Å². The lowest BCUT2D eigenvalue weighted by molar-refractivity contribution is -0.153. The molecular weight excluding hydrogens is 537 g/mol. The van der Waals surface area contributed by atoms with Gasteiger partial charge in [-0.15, -0.1) is 0 Å². The molecule has 3 N–H and O–H groups in total. The summed E-state index contributed by atoms with van der Waals surface area (Å²) in [6.07, 6.45) is -2.45. The SMILES string of the molecule is CCC(CC(=O)O)c1ccc(N(CC(C)(C)O)C2CCOCC2)c(Nc2ccc(Cl)c(OCC(F)(F)F)c2)c1. The first-order valence-electron chi connectivity index (χ1n) is 12.9. The molecule has 0 radical (unpaired) electrons. The molecular formula is C28H36ClF3N2O5. The van der Waals surface area contributed by atoms with E-state index >= 15 is 0 Å². The van der Waals surface area contributed by atoms with Gasteiger partial charge in [0.05, 0.1) is 28.4 Å². The van der Waals surface area contributed by atoms with E-state index in [-0.39, 0.29) is 29.2 Å². The Labute approximate surface area is 231 Å². The minimum Gasteiger partial charge on any atom is -0.482 e. The maximum atomic E-state index is 12.8. The Bertz CT molecular complexity index is 1120. The van der Waals surface area contributed by atoms with Crippen molar-refractivity contribution in [3.05, 3.63) is 47.0 Å². The average Bonchev–Trinajstić information content (AvgIpc) is 2.85. The van der Waals surface area contributed by atoms with E-state index in [0.29, 0.717) is 37.6 Å². The smallest absolute Gasteiger partial charge is 0.422 e. The fourth-order valence-electron chi connectivity index (χ4n) is 4.70. The molecule has 0 bridgehead atoms. The molecule has 0 aliphatic carbocycles. The quantitative estimate of drug-likeness (QED) is 0.259. The van der Waals surface area contributed by atoms with Gasteiger partial charge in [-0.05, 0) is 68.9 Å². The first-order chi connectivity index (χ1) is 18.3. The molecule has 0 saturated carbocycles. The molecule has 11 heteroatoms. The zero-order valence-corrected chi connectivity index (χ0v) is 23.1. The normalized spacial score (nSPS) is 15.6. The Morgan fingerprint density at radius 3 is 2.49 bits per heavy atom. The van der Waals surface area contributed by atoms with Crippen LogP contribution in [0.15, 0.2) is 36.4 Å². The van der Waals surface area contributed by atoms with Crippen molar-refractivity contribution in [1.29, 1.82) is 0 Å². The first-order valence-corrected chi connectivity index (χ1v) is 13.3. The largest absolute Gasteiger partial charge is 0.482 e. The fraction of sp³-hybridized carbons (Fsp3) is 0.536. The number of carbonyl (C=O) groups is 1. The minimum absolute atomic E-state index is 0.0390. The van der Waals surface area contributed by atoms with Crippen molar-refractivity contribution in [3.63, 3.8) is 0 Å². The van der Waals surface area contributed by atoms with Crippen LogP contribution < -0.4 is 15.0 Å². The number of rotatable bonds is 12. The highest BCUT2D eigenvalue weighted by Gasteiger charge is 2.30. The number of hydrogen-bond donors (Lipinski definition) is 3. The lowest BCUT2D eigenvalue weighted by Crippen LogP contribution is -2.47. The number of aliphatic hydroxyl groups is 1. The number of aliphatic carboxylic acids is 1. The molecule has 2 aromatic rings. The highest BCUT2D eigenvalue weighted by molar-refractivity contribution is 6.32. The van der Waals surface area contributed by atoms with Gasteiger partial charge in [0.15, 0.2) is 6.61 Å². The van der Waals surface area contributed by atoms with Crippen molar-refractivity contribution in [1.82, 2.24) is 0 Å². The van der Waals surface area contributed by atoms with Gasteiger partial charge in [-0.3, -0.25) is 4.79 Å². The molecule has 0 aromatic heterocycles. The van der Waals surface area contributed by atoms with Crippen LogP contribution in [0.5, 0.6) is 5.75 Å². The van der Waals surface area contributed by atoms with Gasteiger partial charge in [0.2, 0.25) is 0 Å². The van der Waals surface area contributed by atoms with Crippen LogP contribution in [-0.2, 0) is 9.53 Å². The monoisotopic (exact) mass is 572 g/mol. The van der Waals surface area contributed by atoms with Gasteiger partial charge in [-0.2, -0.15) is 13.2 Å². The second-order valence-corrected chi connectivity index (χ2v) is 10.8. The number of carboxylic acid groups (broad SMARTS) is 1. The molecule has 1 saturated heterocycles. The number of alkyl halides is 3. The Morgan fingerprint density at radius 1 is 1.21 bits per heavy atom. The van der Waals surface area contributed by atoms with Gasteiger partial charge in [0, 0.05) is 37.6 Å². The third-order valence-corrected chi connectivity index (χ3v) is 6.82. The summed E-state index contributed by atoms with van der Waals surface area (Å²) in [4.78, 5) is 13.6. The van der Waals surface area contributed by atoms with Crippen molar-refractivity contribution in [2.75, 3.05) is 36.6 Å². The summed E-state index contributed by atoms with van der Waals surface area (Å²) < 4.78 is 48.7. The van der Waals surface area contributed by atoms with E-state index in [4.69, 9.17) is 21.1 Å². The third kappa shape index (κ3) is 9.47. The Kier molecular flexibility index (Phi) is 10.4. The number of nitrogens with zero attached hydrogens (tertiary/aromatic N) is 1. The number of benzene rings is 2. The molecule has 1 aliphatic heterocycles. The zero-order chi connectivity index (χ0) is 28.8. The molecule has 1 atom stereocenters. The number of anilines is 3. The van der Waals surface area contributed by atoms with Crippen LogP contribution in [0.3, 0.4) is 0 Å². The van der Waals surface area contributed by atoms with E-state index < -0.39 is 24.4 Å². The van der Waals surface area contributed by atoms with Crippen LogP contribution in [0.4, 0.5) is 30.2 Å². The molecule has 3 rings (SSSR count). The van der Waals surface area contributed by atoms with E-state index in [1.54, 1.807) is 19.9 Å². The summed E-state index contributed by atoms with van der Waals surface area (Å²) in [5, 5.41) is 23.5. The van der Waals surface area contributed by atoms with E-state index in [0.717, 1.165) is 24.1 Å². The van der Waals surface area contributed by atoms with Crippen LogP contribution in [-0.4, -0.2) is 60.4 Å². The first kappa shape index (κ1) is 30.8. The van der Waals surface area contributed by atoms with Crippen molar-refractivity contribution >= 4 is 34.6 Å². The Morgan fingerprint density at radius 2 is 1.90 bits per heavy atom. The average molecular weight is 573 g/mol. The molecule has 1 aliphatic rings. The summed E-state index contributed by atoms with van der Waals surface area (Å²) in [7, 11) is 0. The zero-order valence-electron chi connectivity index (χ0n) is 22.4. The van der Waals surface area contributed by atoms with Gasteiger partial charge in [-0.1, -0.05) is 24.6 Å². The fourth-order valence-corrected chi connectivity index (χ4v) is 4.87. The van der Waals surface area contributed by atoms with Gasteiger partial charge in [0.25, 0.3) is 0 Å². The second kappa shape index (κ2) is 13.1. The van der Waals surface area contributed by atoms with Gasteiger partial charge in [-0.25, -0.2) is 0 Å². The standard InChI is InChI=1S/C28H36ClF3N2O5/c1-4-18(14-26(35)36)19-5-8-24(34(16-27(2,3)37)21-9-11-38-12-10-21)23(13-19)33-20-6-7-22(29)25(15-20)39-17-28(30,31)32/h5-8,13,15,18,21,33,37H,4,9-12,14,16-17H2,1-3H3,(H,35,36). The minimum atomic E-state index is -4.52. The highest BCUT2D eigenvalue weighted by atomic mass is 35.5. The number of halogens is 4.